The van der Waals surface area contributed by atoms with Gasteiger partial charge in [-0.2, -0.15) is 0 Å². The van der Waals surface area contributed by atoms with Crippen molar-refractivity contribution in [2.75, 3.05) is 5.73 Å². The fourth-order valence-electron chi connectivity index (χ4n) is 2.45. The van der Waals surface area contributed by atoms with Crippen LogP contribution in [0.2, 0.25) is 0 Å². The quantitative estimate of drug-likeness (QED) is 0.766. The van der Waals surface area contributed by atoms with Gasteiger partial charge in [0.25, 0.3) is 0 Å². The molecule has 0 aliphatic heterocycles. The van der Waals surface area contributed by atoms with Crippen molar-refractivity contribution in [1.29, 1.82) is 0 Å². The van der Waals surface area contributed by atoms with Gasteiger partial charge in [0.15, 0.2) is 0 Å². The van der Waals surface area contributed by atoms with E-state index in [1.165, 1.54) is 30.4 Å². The third-order valence-electron chi connectivity index (χ3n) is 3.63. The Balaban J connectivity index is 1.87. The Bertz CT molecular complexity index is 360. The predicted molar refractivity (Wildman–Crippen MR) is 69.2 cm³/mol. The summed E-state index contributed by atoms with van der Waals surface area (Å²) in [5.41, 5.74) is 9.26. The molecular weight excluding hydrogens is 196 g/mol. The number of anilines is 1. The van der Waals surface area contributed by atoms with E-state index >= 15 is 0 Å². The summed E-state index contributed by atoms with van der Waals surface area (Å²) in [6.07, 6.45) is 4.01. The smallest absolute Gasteiger partial charge is 0.0346 e. The van der Waals surface area contributed by atoms with E-state index in [1.54, 1.807) is 0 Å². The molecule has 1 aromatic rings. The average molecular weight is 218 g/mol. The standard InChI is InChI=1S/C14H22N2/c1-10-3-6-13(7-10)16-9-12-5-4-11(2)14(15)8-12/h4-5,8,10,13,16H,3,6-7,9,15H2,1-2H3. The summed E-state index contributed by atoms with van der Waals surface area (Å²) in [5.74, 6) is 0.889. The summed E-state index contributed by atoms with van der Waals surface area (Å²) in [6.45, 7) is 5.33. The number of hydrogen-bond donors (Lipinski definition) is 2. The van der Waals surface area contributed by atoms with Crippen molar-refractivity contribution in [1.82, 2.24) is 5.32 Å². The van der Waals surface area contributed by atoms with Crippen LogP contribution in [0.3, 0.4) is 0 Å². The minimum absolute atomic E-state index is 0.706. The molecule has 1 saturated carbocycles. The topological polar surface area (TPSA) is 38.0 Å². The average Bonchev–Trinajstić information content (AvgIpc) is 2.66. The first-order chi connectivity index (χ1) is 7.65. The highest BCUT2D eigenvalue weighted by atomic mass is 14.9. The third-order valence-corrected chi connectivity index (χ3v) is 3.63. The second-order valence-corrected chi connectivity index (χ2v) is 5.19. The largest absolute Gasteiger partial charge is 0.399 e. The van der Waals surface area contributed by atoms with Crippen LogP contribution in [0.5, 0.6) is 0 Å². The van der Waals surface area contributed by atoms with Crippen molar-refractivity contribution in [2.24, 2.45) is 5.92 Å². The monoisotopic (exact) mass is 218 g/mol. The Kier molecular flexibility index (Phi) is 3.49. The molecule has 0 amide bonds. The van der Waals surface area contributed by atoms with Crippen LogP contribution in [-0.4, -0.2) is 6.04 Å². The van der Waals surface area contributed by atoms with Crippen LogP contribution in [0.25, 0.3) is 0 Å². The van der Waals surface area contributed by atoms with Crippen LogP contribution in [0.1, 0.15) is 37.3 Å². The van der Waals surface area contributed by atoms with Crippen molar-refractivity contribution in [2.45, 2.75) is 45.7 Å². The van der Waals surface area contributed by atoms with Crippen molar-refractivity contribution in [3.05, 3.63) is 29.3 Å². The van der Waals surface area contributed by atoms with Gasteiger partial charge in [0.2, 0.25) is 0 Å². The summed E-state index contributed by atoms with van der Waals surface area (Å²) in [5, 5.41) is 3.62. The molecule has 2 unspecified atom stereocenters. The predicted octanol–water partition coefficient (Wildman–Crippen LogP) is 2.86. The van der Waals surface area contributed by atoms with Crippen LogP contribution in [-0.2, 0) is 6.54 Å². The van der Waals surface area contributed by atoms with Gasteiger partial charge >= 0.3 is 0 Å². The number of hydrogen-bond acceptors (Lipinski definition) is 2. The molecule has 1 aliphatic rings. The number of nitrogens with one attached hydrogen (secondary N) is 1. The first-order valence-corrected chi connectivity index (χ1v) is 6.23. The minimum atomic E-state index is 0.706. The SMILES string of the molecule is Cc1ccc(CNC2CCC(C)C2)cc1N. The van der Waals surface area contributed by atoms with Crippen molar-refractivity contribution >= 4 is 5.69 Å². The Hall–Kier alpha value is -1.02. The first-order valence-electron chi connectivity index (χ1n) is 6.23. The molecule has 1 aromatic carbocycles. The fourth-order valence-corrected chi connectivity index (χ4v) is 2.45. The maximum atomic E-state index is 5.90. The number of nitrogens with two attached hydrogens (primary N) is 1. The van der Waals surface area contributed by atoms with E-state index in [0.717, 1.165) is 18.2 Å². The number of aryl methyl sites for hydroxylation is 1. The number of nitrogen functional groups attached to an aromatic ring is 1. The molecule has 2 heteroatoms. The van der Waals surface area contributed by atoms with E-state index in [1.807, 2.05) is 6.92 Å². The lowest BCUT2D eigenvalue weighted by atomic mass is 10.1. The lowest BCUT2D eigenvalue weighted by Gasteiger charge is -2.13. The van der Waals surface area contributed by atoms with E-state index in [0.29, 0.717) is 6.04 Å². The summed E-state index contributed by atoms with van der Waals surface area (Å²) in [4.78, 5) is 0. The molecule has 0 aromatic heterocycles. The molecule has 3 N–H and O–H groups in total. The fraction of sp³-hybridized carbons (Fsp3) is 0.571. The zero-order valence-corrected chi connectivity index (χ0v) is 10.3. The molecule has 0 heterocycles. The highest BCUT2D eigenvalue weighted by Crippen LogP contribution is 2.25. The zero-order valence-electron chi connectivity index (χ0n) is 10.3. The van der Waals surface area contributed by atoms with Crippen molar-refractivity contribution in [3.63, 3.8) is 0 Å². The van der Waals surface area contributed by atoms with E-state index in [9.17, 15) is 0 Å². The molecule has 2 atom stereocenters. The molecule has 0 bridgehead atoms. The van der Waals surface area contributed by atoms with E-state index in [-0.39, 0.29) is 0 Å². The van der Waals surface area contributed by atoms with Crippen LogP contribution >= 0.6 is 0 Å². The first kappa shape index (κ1) is 11.5. The second kappa shape index (κ2) is 4.88. The Labute approximate surface area is 98.2 Å². The zero-order chi connectivity index (χ0) is 11.5. The van der Waals surface area contributed by atoms with Gasteiger partial charge in [0, 0.05) is 18.3 Å². The van der Waals surface area contributed by atoms with Crippen LogP contribution in [0, 0.1) is 12.8 Å². The lowest BCUT2D eigenvalue weighted by molar-refractivity contribution is 0.502. The molecule has 0 radical (unpaired) electrons. The van der Waals surface area contributed by atoms with Gasteiger partial charge in [0.05, 0.1) is 0 Å². The van der Waals surface area contributed by atoms with Gasteiger partial charge in [-0.3, -0.25) is 0 Å². The molecular formula is C14H22N2. The van der Waals surface area contributed by atoms with Crippen molar-refractivity contribution < 1.29 is 0 Å². The maximum absolute atomic E-state index is 5.90. The molecule has 1 fully saturated rings. The van der Waals surface area contributed by atoms with E-state index in [4.69, 9.17) is 5.73 Å². The van der Waals surface area contributed by atoms with Gasteiger partial charge < -0.3 is 11.1 Å². The molecule has 2 rings (SSSR count). The molecule has 0 saturated heterocycles. The van der Waals surface area contributed by atoms with Crippen LogP contribution in [0.15, 0.2) is 18.2 Å². The molecule has 2 nitrogen and oxygen atoms in total. The molecule has 16 heavy (non-hydrogen) atoms. The Morgan fingerprint density at radius 2 is 2.19 bits per heavy atom. The van der Waals surface area contributed by atoms with Gasteiger partial charge in [0.1, 0.15) is 0 Å². The minimum Gasteiger partial charge on any atom is -0.399 e. The summed E-state index contributed by atoms with van der Waals surface area (Å²) >= 11 is 0. The lowest BCUT2D eigenvalue weighted by Crippen LogP contribution is -2.25. The van der Waals surface area contributed by atoms with Crippen LogP contribution < -0.4 is 11.1 Å². The highest BCUT2D eigenvalue weighted by Gasteiger charge is 2.20. The van der Waals surface area contributed by atoms with Gasteiger partial charge in [-0.05, 0) is 49.3 Å². The molecule has 88 valence electrons. The van der Waals surface area contributed by atoms with Crippen LogP contribution in [0.4, 0.5) is 5.69 Å². The normalized spacial score (nSPS) is 24.9. The van der Waals surface area contributed by atoms with Gasteiger partial charge in [-0.1, -0.05) is 19.1 Å². The van der Waals surface area contributed by atoms with Crippen molar-refractivity contribution in [3.8, 4) is 0 Å². The summed E-state index contributed by atoms with van der Waals surface area (Å²) in [6, 6.07) is 7.05. The van der Waals surface area contributed by atoms with Gasteiger partial charge in [-0.25, -0.2) is 0 Å². The second-order valence-electron chi connectivity index (χ2n) is 5.19. The number of benzene rings is 1. The van der Waals surface area contributed by atoms with E-state index < -0.39 is 0 Å². The Morgan fingerprint density at radius 3 is 2.81 bits per heavy atom. The summed E-state index contributed by atoms with van der Waals surface area (Å²) < 4.78 is 0. The maximum Gasteiger partial charge on any atom is 0.0346 e. The molecule has 1 aliphatic carbocycles. The van der Waals surface area contributed by atoms with E-state index in [2.05, 4.69) is 30.4 Å². The number of rotatable bonds is 3. The highest BCUT2D eigenvalue weighted by molar-refractivity contribution is 5.48. The van der Waals surface area contributed by atoms with Gasteiger partial charge in [-0.15, -0.1) is 0 Å². The Morgan fingerprint density at radius 1 is 1.38 bits per heavy atom. The molecule has 0 spiro atoms. The third kappa shape index (κ3) is 2.76. The summed E-state index contributed by atoms with van der Waals surface area (Å²) in [7, 11) is 0.